The van der Waals surface area contributed by atoms with Crippen molar-refractivity contribution in [2.75, 3.05) is 5.32 Å². The van der Waals surface area contributed by atoms with E-state index in [0.717, 1.165) is 11.2 Å². The molecule has 2 aromatic carbocycles. The molecule has 0 atom stereocenters. The smallest absolute Gasteiger partial charge is 0.335 e. The van der Waals surface area contributed by atoms with Crippen LogP contribution in [0.15, 0.2) is 48.5 Å². The van der Waals surface area contributed by atoms with Crippen LogP contribution >= 0.6 is 0 Å². The third-order valence-electron chi connectivity index (χ3n) is 3.16. The molecule has 20 heavy (non-hydrogen) atoms. The summed E-state index contributed by atoms with van der Waals surface area (Å²) in [5, 5.41) is 12.2. The van der Waals surface area contributed by atoms with Crippen molar-refractivity contribution in [3.05, 3.63) is 54.1 Å². The van der Waals surface area contributed by atoms with Gasteiger partial charge in [0.05, 0.1) is 16.6 Å². The van der Waals surface area contributed by atoms with E-state index in [9.17, 15) is 4.79 Å². The number of aromatic nitrogens is 2. The molecule has 0 unspecified atom stereocenters. The number of para-hydroxylation sites is 1. The number of benzene rings is 2. The lowest BCUT2D eigenvalue weighted by Gasteiger charge is -2.05. The second kappa shape index (κ2) is 4.70. The highest BCUT2D eigenvalue weighted by molar-refractivity contribution is 5.93. The first kappa shape index (κ1) is 12.2. The summed E-state index contributed by atoms with van der Waals surface area (Å²) >= 11 is 0. The molecule has 100 valence electrons. The van der Waals surface area contributed by atoms with Gasteiger partial charge in [0.1, 0.15) is 0 Å². The van der Waals surface area contributed by atoms with E-state index in [-0.39, 0.29) is 5.56 Å². The number of carboxylic acid groups (broad SMARTS) is 1. The minimum atomic E-state index is -0.949. The lowest BCUT2D eigenvalue weighted by atomic mass is 10.2. The van der Waals surface area contributed by atoms with Gasteiger partial charge < -0.3 is 15.0 Å². The van der Waals surface area contributed by atoms with Crippen LogP contribution in [-0.2, 0) is 7.05 Å². The molecule has 0 aliphatic carbocycles. The molecule has 0 saturated carbocycles. The molecule has 0 amide bonds. The van der Waals surface area contributed by atoms with Crippen LogP contribution in [0.2, 0.25) is 0 Å². The van der Waals surface area contributed by atoms with E-state index >= 15 is 0 Å². The third-order valence-corrected chi connectivity index (χ3v) is 3.16. The molecule has 2 N–H and O–H groups in total. The second-order valence-electron chi connectivity index (χ2n) is 4.49. The Bertz CT molecular complexity index is 778. The summed E-state index contributed by atoms with van der Waals surface area (Å²) in [6.07, 6.45) is 0. The number of carbonyl (C=O) groups is 1. The van der Waals surface area contributed by atoms with Crippen molar-refractivity contribution in [1.29, 1.82) is 0 Å². The van der Waals surface area contributed by atoms with E-state index in [2.05, 4.69) is 10.3 Å². The average molecular weight is 267 g/mol. The topological polar surface area (TPSA) is 67.2 Å². The number of nitrogens with one attached hydrogen (secondary N) is 1. The van der Waals surface area contributed by atoms with Crippen molar-refractivity contribution in [2.24, 2.45) is 7.05 Å². The molecule has 3 aromatic rings. The van der Waals surface area contributed by atoms with Gasteiger partial charge in [-0.3, -0.25) is 0 Å². The molecule has 5 nitrogen and oxygen atoms in total. The summed E-state index contributed by atoms with van der Waals surface area (Å²) in [5.74, 6) is -0.274. The first-order valence-electron chi connectivity index (χ1n) is 6.17. The zero-order valence-corrected chi connectivity index (χ0v) is 10.9. The fourth-order valence-electron chi connectivity index (χ4n) is 2.10. The number of nitrogens with zero attached hydrogens (tertiary/aromatic N) is 2. The predicted octanol–water partition coefficient (Wildman–Crippen LogP) is 3.02. The molecular weight excluding hydrogens is 254 g/mol. The monoisotopic (exact) mass is 267 g/mol. The average Bonchev–Trinajstić information content (AvgIpc) is 2.76. The maximum Gasteiger partial charge on any atom is 0.335 e. The van der Waals surface area contributed by atoms with Crippen molar-refractivity contribution in [3.8, 4) is 0 Å². The fourth-order valence-corrected chi connectivity index (χ4v) is 2.10. The molecule has 0 radical (unpaired) electrons. The molecule has 0 aliphatic heterocycles. The molecule has 0 saturated heterocycles. The fraction of sp³-hybridized carbons (Fsp3) is 0.0667. The minimum absolute atomic E-state index is 0.238. The van der Waals surface area contributed by atoms with Gasteiger partial charge in [-0.2, -0.15) is 0 Å². The van der Waals surface area contributed by atoms with Gasteiger partial charge in [-0.05, 0) is 30.3 Å². The maximum absolute atomic E-state index is 11.0. The van der Waals surface area contributed by atoms with Crippen molar-refractivity contribution in [3.63, 3.8) is 0 Å². The first-order valence-corrected chi connectivity index (χ1v) is 6.17. The highest BCUT2D eigenvalue weighted by Crippen LogP contribution is 2.22. The molecular formula is C15H13N3O2. The Hall–Kier alpha value is -2.82. The standard InChI is InChI=1S/C15H13N3O2/c1-18-13-8-7-10(14(19)20)9-12(13)17-15(18)16-11-5-3-2-4-6-11/h2-9H,1H3,(H,16,17)(H,19,20). The van der Waals surface area contributed by atoms with Crippen molar-refractivity contribution in [2.45, 2.75) is 0 Å². The first-order chi connectivity index (χ1) is 9.65. The molecule has 3 rings (SSSR count). The van der Waals surface area contributed by atoms with E-state index in [1.165, 1.54) is 0 Å². The van der Waals surface area contributed by atoms with Gasteiger partial charge in [-0.1, -0.05) is 18.2 Å². The number of rotatable bonds is 3. The largest absolute Gasteiger partial charge is 0.478 e. The summed E-state index contributed by atoms with van der Waals surface area (Å²) in [6, 6.07) is 14.6. The maximum atomic E-state index is 11.0. The Labute approximate surface area is 115 Å². The number of anilines is 2. The number of aromatic carboxylic acids is 1. The van der Waals surface area contributed by atoms with Crippen LogP contribution in [0.1, 0.15) is 10.4 Å². The van der Waals surface area contributed by atoms with Crippen LogP contribution < -0.4 is 5.32 Å². The van der Waals surface area contributed by atoms with E-state index in [1.807, 2.05) is 41.9 Å². The predicted molar refractivity (Wildman–Crippen MR) is 77.4 cm³/mol. The van der Waals surface area contributed by atoms with Crippen molar-refractivity contribution >= 4 is 28.6 Å². The van der Waals surface area contributed by atoms with Crippen molar-refractivity contribution in [1.82, 2.24) is 9.55 Å². The number of hydrogen-bond donors (Lipinski definition) is 2. The number of imidazole rings is 1. The highest BCUT2D eigenvalue weighted by atomic mass is 16.4. The Kier molecular flexibility index (Phi) is 2.87. The summed E-state index contributed by atoms with van der Waals surface area (Å²) < 4.78 is 1.90. The minimum Gasteiger partial charge on any atom is -0.478 e. The number of aryl methyl sites for hydroxylation is 1. The zero-order valence-electron chi connectivity index (χ0n) is 10.9. The second-order valence-corrected chi connectivity index (χ2v) is 4.49. The lowest BCUT2D eigenvalue weighted by Crippen LogP contribution is -1.98. The van der Waals surface area contributed by atoms with E-state index in [1.54, 1.807) is 18.2 Å². The summed E-state index contributed by atoms with van der Waals surface area (Å²) in [4.78, 5) is 15.4. The number of hydrogen-bond acceptors (Lipinski definition) is 3. The molecule has 5 heteroatoms. The van der Waals surface area contributed by atoms with Crippen LogP contribution in [0.5, 0.6) is 0 Å². The van der Waals surface area contributed by atoms with Crippen LogP contribution in [-0.4, -0.2) is 20.6 Å². The quantitative estimate of drug-likeness (QED) is 0.765. The SMILES string of the molecule is Cn1c(Nc2ccccc2)nc2cc(C(=O)O)ccc21. The molecule has 0 aliphatic rings. The van der Waals surface area contributed by atoms with Gasteiger partial charge in [-0.15, -0.1) is 0 Å². The molecule has 1 heterocycles. The van der Waals surface area contributed by atoms with E-state index in [4.69, 9.17) is 5.11 Å². The van der Waals surface area contributed by atoms with Crippen molar-refractivity contribution < 1.29 is 9.90 Å². The summed E-state index contributed by atoms with van der Waals surface area (Å²) in [5.41, 5.74) is 2.71. The van der Waals surface area contributed by atoms with Crippen LogP contribution in [0.4, 0.5) is 11.6 Å². The van der Waals surface area contributed by atoms with Crippen LogP contribution in [0, 0.1) is 0 Å². The van der Waals surface area contributed by atoms with Gasteiger partial charge >= 0.3 is 5.97 Å². The molecule has 1 aromatic heterocycles. The molecule has 0 bridgehead atoms. The Morgan fingerprint density at radius 1 is 1.20 bits per heavy atom. The van der Waals surface area contributed by atoms with Crippen LogP contribution in [0.25, 0.3) is 11.0 Å². The van der Waals surface area contributed by atoms with E-state index < -0.39 is 5.97 Å². The Morgan fingerprint density at radius 2 is 1.95 bits per heavy atom. The summed E-state index contributed by atoms with van der Waals surface area (Å²) in [7, 11) is 1.89. The van der Waals surface area contributed by atoms with Gasteiger partial charge in [-0.25, -0.2) is 9.78 Å². The zero-order chi connectivity index (χ0) is 14.1. The normalized spacial score (nSPS) is 10.7. The van der Waals surface area contributed by atoms with Crippen LogP contribution in [0.3, 0.4) is 0 Å². The van der Waals surface area contributed by atoms with Gasteiger partial charge in [0.2, 0.25) is 5.95 Å². The summed E-state index contributed by atoms with van der Waals surface area (Å²) in [6.45, 7) is 0. The highest BCUT2D eigenvalue weighted by Gasteiger charge is 2.10. The Balaban J connectivity index is 2.04. The molecule has 0 fully saturated rings. The molecule has 0 spiro atoms. The third kappa shape index (κ3) is 2.09. The van der Waals surface area contributed by atoms with Gasteiger partial charge in [0.25, 0.3) is 0 Å². The Morgan fingerprint density at radius 3 is 2.65 bits per heavy atom. The number of fused-ring (bicyclic) bond motifs is 1. The van der Waals surface area contributed by atoms with Gasteiger partial charge in [0, 0.05) is 12.7 Å². The lowest BCUT2D eigenvalue weighted by molar-refractivity contribution is 0.0697. The van der Waals surface area contributed by atoms with E-state index in [0.29, 0.717) is 11.5 Å². The number of carboxylic acids is 1. The van der Waals surface area contributed by atoms with Gasteiger partial charge in [0.15, 0.2) is 0 Å².